The Morgan fingerprint density at radius 3 is 2.45 bits per heavy atom. The Balaban J connectivity index is 1.45. The van der Waals surface area contributed by atoms with Crippen LogP contribution in [-0.4, -0.2) is 48.2 Å². The number of urea groups is 1. The molecule has 2 heterocycles. The number of methoxy groups -OCH3 is 1. The third kappa shape index (κ3) is 3.54. The van der Waals surface area contributed by atoms with Gasteiger partial charge in [0.15, 0.2) is 12.6 Å². The summed E-state index contributed by atoms with van der Waals surface area (Å²) < 4.78 is 10.1. The molecule has 2 bridgehead atoms. The first-order chi connectivity index (χ1) is 14.1. The summed E-state index contributed by atoms with van der Waals surface area (Å²) in [5.41, 5.74) is 2.35. The van der Waals surface area contributed by atoms with Gasteiger partial charge in [0.2, 0.25) is 0 Å². The van der Waals surface area contributed by atoms with Gasteiger partial charge >= 0.3 is 18.0 Å². The lowest BCUT2D eigenvalue weighted by Crippen LogP contribution is -2.39. The van der Waals surface area contributed by atoms with E-state index in [1.165, 1.54) is 12.0 Å². The highest BCUT2D eigenvalue weighted by Crippen LogP contribution is 2.44. The van der Waals surface area contributed by atoms with Crippen molar-refractivity contribution in [2.75, 3.05) is 20.3 Å². The first-order valence-electron chi connectivity index (χ1n) is 9.19. The molecular formula is C21H20N2O6. The Kier molecular flexibility index (Phi) is 5.18. The number of hydrogen-bond acceptors (Lipinski definition) is 6. The number of fused-ring (bicyclic) bond motifs is 4. The summed E-state index contributed by atoms with van der Waals surface area (Å²) in [5.74, 6) is -1.11. The fourth-order valence-corrected chi connectivity index (χ4v) is 3.68. The molecule has 150 valence electrons. The second kappa shape index (κ2) is 7.92. The molecule has 8 heteroatoms. The number of carbonyl (C=O) groups is 3. The van der Waals surface area contributed by atoms with Crippen LogP contribution < -0.4 is 0 Å². The van der Waals surface area contributed by atoms with Crippen LogP contribution in [0.3, 0.4) is 0 Å². The maximum atomic E-state index is 12.8. The normalized spacial score (nSPS) is 19.7. The van der Waals surface area contributed by atoms with Gasteiger partial charge in [-0.3, -0.25) is 4.84 Å². The van der Waals surface area contributed by atoms with Crippen molar-refractivity contribution in [2.45, 2.75) is 18.7 Å². The van der Waals surface area contributed by atoms with Gasteiger partial charge in [-0.15, -0.1) is 0 Å². The van der Waals surface area contributed by atoms with Crippen molar-refractivity contribution in [3.63, 3.8) is 0 Å². The van der Waals surface area contributed by atoms with Crippen molar-refractivity contribution in [3.8, 4) is 0 Å². The summed E-state index contributed by atoms with van der Waals surface area (Å²) in [7, 11) is 1.29. The van der Waals surface area contributed by atoms with E-state index in [2.05, 4.69) is 0 Å². The van der Waals surface area contributed by atoms with Gasteiger partial charge in [0.25, 0.3) is 0 Å². The predicted octanol–water partition coefficient (Wildman–Crippen LogP) is 2.37. The molecule has 0 N–H and O–H groups in total. The van der Waals surface area contributed by atoms with Gasteiger partial charge in [-0.25, -0.2) is 14.4 Å². The van der Waals surface area contributed by atoms with Crippen LogP contribution in [-0.2, 0) is 30.5 Å². The zero-order valence-corrected chi connectivity index (χ0v) is 15.8. The van der Waals surface area contributed by atoms with E-state index in [0.717, 1.165) is 16.2 Å². The first kappa shape index (κ1) is 18.9. The molecule has 0 aliphatic carbocycles. The van der Waals surface area contributed by atoms with Crippen LogP contribution in [0.2, 0.25) is 0 Å². The van der Waals surface area contributed by atoms with Crippen LogP contribution in [0, 0.1) is 0 Å². The highest BCUT2D eigenvalue weighted by Gasteiger charge is 2.51. The summed E-state index contributed by atoms with van der Waals surface area (Å²) in [5, 5.41) is 1.14. The van der Waals surface area contributed by atoms with Gasteiger partial charge in [-0.1, -0.05) is 54.6 Å². The second-order valence-corrected chi connectivity index (χ2v) is 6.75. The van der Waals surface area contributed by atoms with Gasteiger partial charge in [0.1, 0.15) is 12.6 Å². The number of hydrogen-bond donors (Lipinski definition) is 0. The van der Waals surface area contributed by atoms with Gasteiger partial charge in [0, 0.05) is 0 Å². The van der Waals surface area contributed by atoms with E-state index >= 15 is 0 Å². The van der Waals surface area contributed by atoms with E-state index < -0.39 is 36.7 Å². The highest BCUT2D eigenvalue weighted by molar-refractivity contribution is 5.88. The summed E-state index contributed by atoms with van der Waals surface area (Å²) in [6, 6.07) is 14.8. The molecule has 29 heavy (non-hydrogen) atoms. The van der Waals surface area contributed by atoms with Crippen molar-refractivity contribution in [3.05, 3.63) is 71.3 Å². The SMILES string of the molecule is COC(=O)[C@H]1c2ccccc2[C@@H]2CN1C(=O)N2OCC(=O)OCc1ccccc1. The fraction of sp³-hybridized carbons (Fsp3) is 0.286. The predicted molar refractivity (Wildman–Crippen MR) is 100 cm³/mol. The molecule has 1 fully saturated rings. The summed E-state index contributed by atoms with van der Waals surface area (Å²) in [6.07, 6.45) is 0. The van der Waals surface area contributed by atoms with E-state index in [1.54, 1.807) is 12.1 Å². The molecule has 2 atom stereocenters. The number of amides is 2. The summed E-state index contributed by atoms with van der Waals surface area (Å²) >= 11 is 0. The standard InChI is InChI=1S/C21H20N2O6/c1-27-20(25)19-16-10-6-5-9-15(16)17-11-22(19)21(26)23(17)29-13-18(24)28-12-14-7-3-2-4-8-14/h2-10,17,19H,11-13H2,1H3/t17-,19+/m0/s1. The lowest BCUT2D eigenvalue weighted by molar-refractivity contribution is -0.174. The Labute approximate surface area is 167 Å². The van der Waals surface area contributed by atoms with Crippen LogP contribution in [0.5, 0.6) is 0 Å². The Hall–Kier alpha value is -3.39. The van der Waals surface area contributed by atoms with Gasteiger partial charge < -0.3 is 14.4 Å². The Morgan fingerprint density at radius 1 is 1.03 bits per heavy atom. The summed E-state index contributed by atoms with van der Waals surface area (Å²) in [6.45, 7) is -0.0115. The van der Waals surface area contributed by atoms with Crippen molar-refractivity contribution < 1.29 is 28.7 Å². The van der Waals surface area contributed by atoms with E-state index in [9.17, 15) is 14.4 Å². The van der Waals surface area contributed by atoms with E-state index in [-0.39, 0.29) is 13.2 Å². The van der Waals surface area contributed by atoms with Crippen LogP contribution in [0.1, 0.15) is 28.8 Å². The van der Waals surface area contributed by atoms with Gasteiger partial charge in [-0.05, 0) is 16.7 Å². The molecule has 0 radical (unpaired) electrons. The van der Waals surface area contributed by atoms with E-state index in [1.807, 2.05) is 42.5 Å². The number of nitrogens with zero attached hydrogens (tertiary/aromatic N) is 2. The molecule has 2 amide bonds. The molecule has 2 aliphatic heterocycles. The summed E-state index contributed by atoms with van der Waals surface area (Å²) in [4.78, 5) is 44.1. The number of hydroxylamine groups is 2. The number of benzene rings is 2. The minimum Gasteiger partial charge on any atom is -0.467 e. The topological polar surface area (TPSA) is 85.4 Å². The van der Waals surface area contributed by atoms with E-state index in [4.69, 9.17) is 14.3 Å². The molecular weight excluding hydrogens is 376 g/mol. The third-order valence-corrected chi connectivity index (χ3v) is 5.04. The zero-order valence-electron chi connectivity index (χ0n) is 15.8. The molecule has 2 aromatic carbocycles. The molecule has 0 unspecified atom stereocenters. The largest absolute Gasteiger partial charge is 0.467 e. The fourth-order valence-electron chi connectivity index (χ4n) is 3.68. The Bertz CT molecular complexity index is 932. The lowest BCUT2D eigenvalue weighted by atomic mass is 9.91. The van der Waals surface area contributed by atoms with Gasteiger partial charge in [-0.2, -0.15) is 5.06 Å². The molecule has 4 rings (SSSR count). The van der Waals surface area contributed by atoms with Crippen LogP contribution in [0.25, 0.3) is 0 Å². The smallest absolute Gasteiger partial charge is 0.345 e. The second-order valence-electron chi connectivity index (χ2n) is 6.75. The minimum absolute atomic E-state index is 0.125. The maximum Gasteiger partial charge on any atom is 0.345 e. The first-order valence-corrected chi connectivity index (χ1v) is 9.19. The van der Waals surface area contributed by atoms with Gasteiger partial charge in [0.05, 0.1) is 13.7 Å². The monoisotopic (exact) mass is 396 g/mol. The number of rotatable bonds is 6. The Morgan fingerprint density at radius 2 is 1.72 bits per heavy atom. The van der Waals surface area contributed by atoms with Crippen molar-refractivity contribution in [1.29, 1.82) is 0 Å². The molecule has 0 saturated carbocycles. The van der Waals surface area contributed by atoms with Crippen molar-refractivity contribution in [2.24, 2.45) is 0 Å². The molecule has 0 spiro atoms. The highest BCUT2D eigenvalue weighted by atomic mass is 16.7. The number of carbonyl (C=O) groups excluding carboxylic acids is 3. The average molecular weight is 396 g/mol. The molecule has 1 saturated heterocycles. The molecule has 2 aromatic rings. The molecule has 0 aromatic heterocycles. The number of ether oxygens (including phenoxy) is 2. The van der Waals surface area contributed by atoms with Crippen molar-refractivity contribution >= 4 is 18.0 Å². The number of esters is 2. The van der Waals surface area contributed by atoms with Crippen LogP contribution >= 0.6 is 0 Å². The minimum atomic E-state index is -0.835. The third-order valence-electron chi connectivity index (χ3n) is 5.04. The lowest BCUT2D eigenvalue weighted by Gasteiger charge is -2.30. The van der Waals surface area contributed by atoms with E-state index in [0.29, 0.717) is 5.56 Å². The molecule has 8 nitrogen and oxygen atoms in total. The zero-order chi connectivity index (χ0) is 20.4. The maximum absolute atomic E-state index is 12.8. The average Bonchev–Trinajstić information content (AvgIpc) is 3.03. The quantitative estimate of drug-likeness (QED) is 0.697. The molecule has 2 aliphatic rings. The van der Waals surface area contributed by atoms with Crippen molar-refractivity contribution in [1.82, 2.24) is 9.96 Å². The van der Waals surface area contributed by atoms with Crippen LogP contribution in [0.15, 0.2) is 54.6 Å². The van der Waals surface area contributed by atoms with Crippen LogP contribution in [0.4, 0.5) is 4.79 Å².